The maximum Gasteiger partial charge on any atom is 0.338 e. The summed E-state index contributed by atoms with van der Waals surface area (Å²) in [7, 11) is 0. The van der Waals surface area contributed by atoms with Crippen LogP contribution < -0.4 is 16.2 Å². The van der Waals surface area contributed by atoms with Gasteiger partial charge >= 0.3 is 12.0 Å². The molecule has 0 spiro atoms. The Morgan fingerprint density at radius 2 is 1.79 bits per heavy atom. The summed E-state index contributed by atoms with van der Waals surface area (Å²) in [6.07, 6.45) is 1.46. The molecular formula is C24H20N4O6. The molecule has 4 rings (SSSR count). The minimum absolute atomic E-state index is 0.105. The second kappa shape index (κ2) is 9.82. The molecule has 10 heteroatoms. The summed E-state index contributed by atoms with van der Waals surface area (Å²) < 4.78 is 11.5. The predicted molar refractivity (Wildman–Crippen MR) is 121 cm³/mol. The van der Waals surface area contributed by atoms with E-state index >= 15 is 0 Å². The van der Waals surface area contributed by atoms with Gasteiger partial charge in [-0.15, -0.1) is 0 Å². The van der Waals surface area contributed by atoms with Gasteiger partial charge in [0.25, 0.3) is 11.5 Å². The van der Waals surface area contributed by atoms with Crippen molar-refractivity contribution in [3.63, 3.8) is 0 Å². The zero-order valence-corrected chi connectivity index (χ0v) is 18.1. The van der Waals surface area contributed by atoms with Gasteiger partial charge in [0.15, 0.2) is 6.61 Å². The topological polar surface area (TPSA) is 133 Å². The van der Waals surface area contributed by atoms with E-state index in [0.717, 1.165) is 0 Å². The number of urea groups is 1. The lowest BCUT2D eigenvalue weighted by molar-refractivity contribution is -0.123. The number of rotatable bonds is 6. The van der Waals surface area contributed by atoms with Crippen LogP contribution in [-0.2, 0) is 16.1 Å². The number of aryl methyl sites for hydroxylation is 1. The van der Waals surface area contributed by atoms with Gasteiger partial charge in [0, 0.05) is 0 Å². The van der Waals surface area contributed by atoms with Gasteiger partial charge in [-0.05, 0) is 55.5 Å². The largest absolute Gasteiger partial charge is 0.467 e. The average molecular weight is 460 g/mol. The number of amides is 3. The van der Waals surface area contributed by atoms with Crippen LogP contribution in [-0.4, -0.2) is 34.1 Å². The Bertz CT molecular complexity index is 1410. The minimum Gasteiger partial charge on any atom is -0.467 e. The van der Waals surface area contributed by atoms with E-state index in [2.05, 4.69) is 15.6 Å². The lowest BCUT2D eigenvalue weighted by Gasteiger charge is -2.11. The number of carbonyl (C=O) groups is 3. The van der Waals surface area contributed by atoms with Crippen molar-refractivity contribution in [3.05, 3.63) is 94.4 Å². The molecule has 2 heterocycles. The smallest absolute Gasteiger partial charge is 0.338 e. The van der Waals surface area contributed by atoms with Gasteiger partial charge < -0.3 is 14.5 Å². The van der Waals surface area contributed by atoms with Gasteiger partial charge in [-0.25, -0.2) is 14.6 Å². The highest BCUT2D eigenvalue weighted by molar-refractivity contribution is 5.97. The Kier molecular flexibility index (Phi) is 6.49. The molecule has 0 saturated heterocycles. The lowest BCUT2D eigenvalue weighted by atomic mass is 10.2. The first kappa shape index (κ1) is 22.5. The normalized spacial score (nSPS) is 10.6. The lowest BCUT2D eigenvalue weighted by Crippen LogP contribution is -2.41. The van der Waals surface area contributed by atoms with Crippen LogP contribution in [0.2, 0.25) is 0 Å². The highest BCUT2D eigenvalue weighted by atomic mass is 16.5. The zero-order valence-electron chi connectivity index (χ0n) is 18.1. The Morgan fingerprint density at radius 1 is 1.03 bits per heavy atom. The standard InChI is InChI=1S/C24H20N4O6/c1-15-26-20-7-3-2-6-19(20)22(30)28(15)17-10-8-16(9-11-17)23(31)34-14-21(29)27-24(32)25-13-18-5-4-12-33-18/h2-12H,13-14H2,1H3,(H2,25,27,29,32). The second-order valence-electron chi connectivity index (χ2n) is 7.25. The molecule has 0 radical (unpaired) electrons. The summed E-state index contributed by atoms with van der Waals surface area (Å²) in [5, 5.41) is 4.98. The highest BCUT2D eigenvalue weighted by Gasteiger charge is 2.14. The molecule has 0 atom stereocenters. The van der Waals surface area contributed by atoms with Crippen LogP contribution in [0.5, 0.6) is 0 Å². The number of para-hydroxylation sites is 1. The van der Waals surface area contributed by atoms with Crippen LogP contribution in [0.1, 0.15) is 21.9 Å². The number of fused-ring (bicyclic) bond motifs is 1. The van der Waals surface area contributed by atoms with Crippen LogP contribution in [0.4, 0.5) is 4.79 Å². The third-order valence-corrected chi connectivity index (χ3v) is 4.90. The Labute approximate surface area is 193 Å². The molecule has 0 aliphatic heterocycles. The SMILES string of the molecule is Cc1nc2ccccc2c(=O)n1-c1ccc(C(=O)OCC(=O)NC(=O)NCc2ccco2)cc1. The summed E-state index contributed by atoms with van der Waals surface area (Å²) in [5.41, 5.74) is 1.09. The summed E-state index contributed by atoms with van der Waals surface area (Å²) in [5.74, 6) is -0.514. The molecule has 0 saturated carbocycles. The van der Waals surface area contributed by atoms with E-state index in [1.807, 2.05) is 6.07 Å². The van der Waals surface area contributed by atoms with E-state index in [0.29, 0.717) is 28.2 Å². The molecular weight excluding hydrogens is 440 g/mol. The summed E-state index contributed by atoms with van der Waals surface area (Å²) in [4.78, 5) is 53.2. The number of furan rings is 1. The quantitative estimate of drug-likeness (QED) is 0.422. The molecule has 0 aliphatic carbocycles. The fraction of sp³-hybridized carbons (Fsp3) is 0.125. The monoisotopic (exact) mass is 460 g/mol. The first-order chi connectivity index (χ1) is 16.4. The van der Waals surface area contributed by atoms with Gasteiger partial charge in [-0.1, -0.05) is 12.1 Å². The van der Waals surface area contributed by atoms with E-state index in [1.54, 1.807) is 49.4 Å². The van der Waals surface area contributed by atoms with E-state index < -0.39 is 24.5 Å². The number of aromatic nitrogens is 2. The highest BCUT2D eigenvalue weighted by Crippen LogP contribution is 2.14. The number of hydrogen-bond acceptors (Lipinski definition) is 7. The number of carbonyl (C=O) groups excluding carboxylic acids is 3. The zero-order chi connectivity index (χ0) is 24.1. The van der Waals surface area contributed by atoms with Crippen molar-refractivity contribution in [1.82, 2.24) is 20.2 Å². The van der Waals surface area contributed by atoms with Gasteiger partial charge in [0.1, 0.15) is 11.6 Å². The molecule has 0 unspecified atom stereocenters. The van der Waals surface area contributed by atoms with Gasteiger partial charge in [-0.2, -0.15) is 0 Å². The van der Waals surface area contributed by atoms with Gasteiger partial charge in [-0.3, -0.25) is 19.5 Å². The number of ether oxygens (including phenoxy) is 1. The Morgan fingerprint density at radius 3 is 2.53 bits per heavy atom. The van der Waals surface area contributed by atoms with E-state index in [9.17, 15) is 19.2 Å². The first-order valence-corrected chi connectivity index (χ1v) is 10.3. The second-order valence-corrected chi connectivity index (χ2v) is 7.25. The average Bonchev–Trinajstić information content (AvgIpc) is 3.35. The molecule has 0 aliphatic rings. The number of hydrogen-bond donors (Lipinski definition) is 2. The number of nitrogens with one attached hydrogen (secondary N) is 2. The van der Waals surface area contributed by atoms with Crippen molar-refractivity contribution in [2.75, 3.05) is 6.61 Å². The number of esters is 1. The number of benzene rings is 2. The molecule has 0 bridgehead atoms. The maximum atomic E-state index is 12.9. The summed E-state index contributed by atoms with van der Waals surface area (Å²) in [6.45, 7) is 1.19. The van der Waals surface area contributed by atoms with Crippen molar-refractivity contribution >= 4 is 28.8 Å². The van der Waals surface area contributed by atoms with Crippen molar-refractivity contribution in [1.29, 1.82) is 0 Å². The molecule has 2 N–H and O–H groups in total. The molecule has 10 nitrogen and oxygen atoms in total. The number of imide groups is 1. The Balaban J connectivity index is 1.35. The fourth-order valence-corrected chi connectivity index (χ4v) is 3.30. The van der Waals surface area contributed by atoms with E-state index in [4.69, 9.17) is 9.15 Å². The van der Waals surface area contributed by atoms with Gasteiger partial charge in [0.05, 0.1) is 35.0 Å². The predicted octanol–water partition coefficient (Wildman–Crippen LogP) is 2.47. The maximum absolute atomic E-state index is 12.9. The van der Waals surface area contributed by atoms with Crippen molar-refractivity contribution < 1.29 is 23.5 Å². The molecule has 34 heavy (non-hydrogen) atoms. The molecule has 3 amide bonds. The Hall–Kier alpha value is -4.73. The summed E-state index contributed by atoms with van der Waals surface area (Å²) in [6, 6.07) is 15.8. The van der Waals surface area contributed by atoms with E-state index in [-0.39, 0.29) is 17.7 Å². The van der Waals surface area contributed by atoms with Crippen LogP contribution in [0.3, 0.4) is 0 Å². The molecule has 0 fully saturated rings. The third kappa shape index (κ3) is 5.01. The van der Waals surface area contributed by atoms with Crippen LogP contribution in [0.15, 0.2) is 76.1 Å². The van der Waals surface area contributed by atoms with Crippen molar-refractivity contribution in [2.45, 2.75) is 13.5 Å². The molecule has 172 valence electrons. The molecule has 2 aromatic heterocycles. The molecule has 4 aromatic rings. The van der Waals surface area contributed by atoms with Crippen LogP contribution in [0.25, 0.3) is 16.6 Å². The third-order valence-electron chi connectivity index (χ3n) is 4.90. The van der Waals surface area contributed by atoms with Crippen molar-refractivity contribution in [2.24, 2.45) is 0 Å². The summed E-state index contributed by atoms with van der Waals surface area (Å²) >= 11 is 0. The first-order valence-electron chi connectivity index (χ1n) is 10.3. The van der Waals surface area contributed by atoms with Crippen LogP contribution in [0, 0.1) is 6.92 Å². The molecule has 2 aromatic carbocycles. The minimum atomic E-state index is -0.786. The fourth-order valence-electron chi connectivity index (χ4n) is 3.30. The van der Waals surface area contributed by atoms with E-state index in [1.165, 1.54) is 23.0 Å². The van der Waals surface area contributed by atoms with Crippen LogP contribution >= 0.6 is 0 Å². The number of nitrogens with zero attached hydrogens (tertiary/aromatic N) is 2. The van der Waals surface area contributed by atoms with Gasteiger partial charge in [0.2, 0.25) is 0 Å². The van der Waals surface area contributed by atoms with Crippen molar-refractivity contribution in [3.8, 4) is 5.69 Å².